The molecule has 2 rings (SSSR count). The number of halogens is 1. The fraction of sp³-hybridized carbons (Fsp3) is 0.400. The van der Waals surface area contributed by atoms with Crippen LogP contribution in [0.15, 0.2) is 12.1 Å². The molecular formula is C10H9ClN2O. The molecule has 1 fully saturated rings. The Morgan fingerprint density at radius 2 is 2.36 bits per heavy atom. The van der Waals surface area contributed by atoms with Gasteiger partial charge in [-0.2, -0.15) is 5.26 Å². The predicted octanol–water partition coefficient (Wildman–Crippen LogP) is 2.40. The molecule has 0 atom stereocenters. The summed E-state index contributed by atoms with van der Waals surface area (Å²) in [6, 6.07) is 5.13. The summed E-state index contributed by atoms with van der Waals surface area (Å²) in [4.78, 5) is 3.97. The highest BCUT2D eigenvalue weighted by Gasteiger charge is 2.22. The van der Waals surface area contributed by atoms with Crippen LogP contribution < -0.4 is 4.74 Å². The Labute approximate surface area is 87.3 Å². The van der Waals surface area contributed by atoms with Crippen molar-refractivity contribution in [3.8, 4) is 11.9 Å². The molecule has 1 saturated carbocycles. The third-order valence-electron chi connectivity index (χ3n) is 2.06. The van der Waals surface area contributed by atoms with Crippen LogP contribution in [-0.2, 0) is 0 Å². The van der Waals surface area contributed by atoms with Gasteiger partial charge < -0.3 is 4.74 Å². The molecule has 14 heavy (non-hydrogen) atoms. The van der Waals surface area contributed by atoms with Gasteiger partial charge in [0.2, 0.25) is 5.88 Å². The normalized spacial score (nSPS) is 14.9. The molecule has 72 valence electrons. The number of nitriles is 1. The van der Waals surface area contributed by atoms with Gasteiger partial charge in [0.05, 0.1) is 18.2 Å². The van der Waals surface area contributed by atoms with E-state index in [1.807, 2.05) is 6.07 Å². The summed E-state index contributed by atoms with van der Waals surface area (Å²) in [6.45, 7) is 0.679. The van der Waals surface area contributed by atoms with Crippen LogP contribution in [0, 0.1) is 17.2 Å². The summed E-state index contributed by atoms with van der Waals surface area (Å²) in [7, 11) is 0. The molecular weight excluding hydrogens is 200 g/mol. The lowest BCUT2D eigenvalue weighted by atomic mass is 10.3. The smallest absolute Gasteiger partial charge is 0.215 e. The monoisotopic (exact) mass is 208 g/mol. The van der Waals surface area contributed by atoms with Crippen molar-refractivity contribution >= 4 is 11.6 Å². The van der Waals surface area contributed by atoms with Crippen LogP contribution in [0.5, 0.6) is 5.88 Å². The van der Waals surface area contributed by atoms with Gasteiger partial charge in [0.15, 0.2) is 0 Å². The maximum atomic E-state index is 8.68. The van der Waals surface area contributed by atoms with Crippen molar-refractivity contribution < 1.29 is 4.74 Å². The second kappa shape index (κ2) is 3.85. The minimum absolute atomic E-state index is 0.301. The minimum atomic E-state index is 0.301. The Morgan fingerprint density at radius 3 is 3.00 bits per heavy atom. The lowest BCUT2D eigenvalue weighted by molar-refractivity contribution is 0.288. The van der Waals surface area contributed by atoms with E-state index in [1.165, 1.54) is 18.9 Å². The first-order chi connectivity index (χ1) is 6.78. The third-order valence-corrected chi connectivity index (χ3v) is 2.26. The van der Waals surface area contributed by atoms with Gasteiger partial charge in [0.25, 0.3) is 0 Å². The maximum Gasteiger partial charge on any atom is 0.215 e. The lowest BCUT2D eigenvalue weighted by Gasteiger charge is -2.04. The van der Waals surface area contributed by atoms with Gasteiger partial charge >= 0.3 is 0 Å². The van der Waals surface area contributed by atoms with Crippen molar-refractivity contribution in [3.63, 3.8) is 0 Å². The van der Waals surface area contributed by atoms with Crippen molar-refractivity contribution in [1.29, 1.82) is 5.26 Å². The van der Waals surface area contributed by atoms with E-state index < -0.39 is 0 Å². The zero-order chi connectivity index (χ0) is 9.97. The zero-order valence-electron chi connectivity index (χ0n) is 7.53. The van der Waals surface area contributed by atoms with Gasteiger partial charge in [-0.3, -0.25) is 0 Å². The second-order valence-corrected chi connectivity index (χ2v) is 3.77. The first kappa shape index (κ1) is 9.29. The summed E-state index contributed by atoms with van der Waals surface area (Å²) >= 11 is 5.72. The van der Waals surface area contributed by atoms with E-state index in [4.69, 9.17) is 21.6 Å². The molecule has 0 unspecified atom stereocenters. The summed E-state index contributed by atoms with van der Waals surface area (Å²) in [5.74, 6) is 1.11. The zero-order valence-corrected chi connectivity index (χ0v) is 8.29. The number of hydrogen-bond donors (Lipinski definition) is 0. The first-order valence-electron chi connectivity index (χ1n) is 4.48. The standard InChI is InChI=1S/C10H9ClN2O/c11-9-3-8(5-12)4-10(13-9)14-6-7-1-2-7/h3-4,7H,1-2,6H2. The summed E-state index contributed by atoms with van der Waals surface area (Å²) < 4.78 is 5.41. The van der Waals surface area contributed by atoms with Crippen molar-refractivity contribution in [2.75, 3.05) is 6.61 Å². The Balaban J connectivity index is 2.07. The molecule has 1 aliphatic rings. The molecule has 1 aliphatic carbocycles. The van der Waals surface area contributed by atoms with Crippen LogP contribution in [0.1, 0.15) is 18.4 Å². The summed E-state index contributed by atoms with van der Waals surface area (Å²) in [5, 5.41) is 8.99. The molecule has 0 spiro atoms. The molecule has 0 bridgehead atoms. The molecule has 1 heterocycles. The van der Waals surface area contributed by atoms with Crippen LogP contribution in [0.2, 0.25) is 5.15 Å². The highest BCUT2D eigenvalue weighted by Crippen LogP contribution is 2.29. The second-order valence-electron chi connectivity index (χ2n) is 3.38. The van der Waals surface area contributed by atoms with Gasteiger partial charge in [-0.1, -0.05) is 11.6 Å². The maximum absolute atomic E-state index is 8.68. The summed E-state index contributed by atoms with van der Waals surface area (Å²) in [6.07, 6.45) is 2.46. The van der Waals surface area contributed by atoms with E-state index in [-0.39, 0.29) is 0 Å². The number of nitrogens with zero attached hydrogens (tertiary/aromatic N) is 2. The largest absolute Gasteiger partial charge is 0.477 e. The number of pyridine rings is 1. The Morgan fingerprint density at radius 1 is 1.57 bits per heavy atom. The van der Waals surface area contributed by atoms with Crippen molar-refractivity contribution in [2.45, 2.75) is 12.8 Å². The van der Waals surface area contributed by atoms with Gasteiger partial charge in [-0.15, -0.1) is 0 Å². The van der Waals surface area contributed by atoms with Crippen molar-refractivity contribution in [1.82, 2.24) is 4.98 Å². The third kappa shape index (κ3) is 2.36. The highest BCUT2D eigenvalue weighted by molar-refractivity contribution is 6.29. The molecule has 0 aliphatic heterocycles. The summed E-state index contributed by atoms with van der Waals surface area (Å²) in [5.41, 5.74) is 0.482. The molecule has 0 saturated heterocycles. The fourth-order valence-electron chi connectivity index (χ4n) is 1.10. The molecule has 3 nitrogen and oxygen atoms in total. The SMILES string of the molecule is N#Cc1cc(Cl)nc(OCC2CC2)c1. The average molecular weight is 209 g/mol. The fourth-order valence-corrected chi connectivity index (χ4v) is 1.30. The molecule has 4 heteroatoms. The van der Waals surface area contributed by atoms with Crippen molar-refractivity contribution in [3.05, 3.63) is 22.8 Å². The molecule has 1 aromatic heterocycles. The van der Waals surface area contributed by atoms with E-state index in [0.29, 0.717) is 29.1 Å². The number of aromatic nitrogens is 1. The van der Waals surface area contributed by atoms with Crippen LogP contribution in [0.3, 0.4) is 0 Å². The Kier molecular flexibility index (Phi) is 2.55. The van der Waals surface area contributed by atoms with Crippen LogP contribution in [0.4, 0.5) is 0 Å². The van der Waals surface area contributed by atoms with E-state index in [1.54, 1.807) is 6.07 Å². The van der Waals surface area contributed by atoms with Crippen LogP contribution in [0.25, 0.3) is 0 Å². The molecule has 0 radical (unpaired) electrons. The van der Waals surface area contributed by atoms with Crippen LogP contribution >= 0.6 is 11.6 Å². The Bertz CT molecular complexity index is 382. The highest BCUT2D eigenvalue weighted by atomic mass is 35.5. The molecule has 0 aromatic carbocycles. The molecule has 0 N–H and O–H groups in total. The molecule has 1 aromatic rings. The van der Waals surface area contributed by atoms with Crippen molar-refractivity contribution in [2.24, 2.45) is 5.92 Å². The van der Waals surface area contributed by atoms with Gasteiger partial charge in [-0.05, 0) is 24.8 Å². The quantitative estimate of drug-likeness (QED) is 0.717. The van der Waals surface area contributed by atoms with Gasteiger partial charge in [0, 0.05) is 6.07 Å². The Hall–Kier alpha value is -1.27. The average Bonchev–Trinajstić information content (AvgIpc) is 2.97. The lowest BCUT2D eigenvalue weighted by Crippen LogP contribution is -2.01. The number of rotatable bonds is 3. The van der Waals surface area contributed by atoms with E-state index in [9.17, 15) is 0 Å². The van der Waals surface area contributed by atoms with E-state index in [0.717, 1.165) is 0 Å². The number of ether oxygens (including phenoxy) is 1. The molecule has 0 amide bonds. The minimum Gasteiger partial charge on any atom is -0.477 e. The van der Waals surface area contributed by atoms with Gasteiger partial charge in [0.1, 0.15) is 5.15 Å². The van der Waals surface area contributed by atoms with Gasteiger partial charge in [-0.25, -0.2) is 4.98 Å². The first-order valence-corrected chi connectivity index (χ1v) is 4.86. The van der Waals surface area contributed by atoms with E-state index in [2.05, 4.69) is 4.98 Å². The predicted molar refractivity (Wildman–Crippen MR) is 52.2 cm³/mol. The van der Waals surface area contributed by atoms with E-state index >= 15 is 0 Å². The number of hydrogen-bond acceptors (Lipinski definition) is 3. The van der Waals surface area contributed by atoms with Crippen LogP contribution in [-0.4, -0.2) is 11.6 Å². The topological polar surface area (TPSA) is 45.9 Å².